The van der Waals surface area contributed by atoms with Crippen LogP contribution in [0.3, 0.4) is 0 Å². The van der Waals surface area contributed by atoms with Gasteiger partial charge in [-0.1, -0.05) is 32.4 Å². The number of Topliss-reactive ketones (excluding diaryl/α,β-unsaturated/α-hetero) is 2. The molecular formula is C26H30N2O7. The maximum Gasteiger partial charge on any atom is 0.265 e. The van der Waals surface area contributed by atoms with Crippen molar-refractivity contribution in [3.8, 4) is 11.6 Å². The predicted molar refractivity (Wildman–Crippen MR) is 125 cm³/mol. The second-order valence-electron chi connectivity index (χ2n) is 10.0. The Balaban J connectivity index is 1.68. The van der Waals surface area contributed by atoms with E-state index in [-0.39, 0.29) is 52.2 Å². The number of benzene rings is 1. The van der Waals surface area contributed by atoms with Crippen molar-refractivity contribution in [2.45, 2.75) is 50.7 Å². The number of fused-ring (bicyclic) bond motifs is 4. The fourth-order valence-electron chi connectivity index (χ4n) is 6.09. The molecule has 35 heavy (non-hydrogen) atoms. The largest absolute Gasteiger partial charge is 0.507 e. The summed E-state index contributed by atoms with van der Waals surface area (Å²) < 4.78 is 11.3. The summed E-state index contributed by atoms with van der Waals surface area (Å²) in [5.41, 5.74) is -1.60. The van der Waals surface area contributed by atoms with Crippen molar-refractivity contribution in [2.24, 2.45) is 11.8 Å². The molecular weight excluding hydrogens is 452 g/mol. The van der Waals surface area contributed by atoms with Crippen LogP contribution >= 0.6 is 0 Å². The van der Waals surface area contributed by atoms with E-state index in [0.717, 1.165) is 12.8 Å². The van der Waals surface area contributed by atoms with E-state index in [1.165, 1.54) is 6.07 Å². The quantitative estimate of drug-likeness (QED) is 0.433. The van der Waals surface area contributed by atoms with Gasteiger partial charge in [-0.15, -0.1) is 0 Å². The first-order valence-corrected chi connectivity index (χ1v) is 12.0. The van der Waals surface area contributed by atoms with Crippen LogP contribution < -0.4 is 4.74 Å². The predicted octanol–water partition coefficient (Wildman–Crippen LogP) is 3.38. The van der Waals surface area contributed by atoms with Crippen LogP contribution in [0.5, 0.6) is 11.6 Å². The zero-order valence-electron chi connectivity index (χ0n) is 20.2. The Labute approximate surface area is 203 Å². The van der Waals surface area contributed by atoms with E-state index in [1.54, 1.807) is 25.1 Å². The molecule has 0 bridgehead atoms. The van der Waals surface area contributed by atoms with Crippen LogP contribution in [-0.4, -0.2) is 63.2 Å². The van der Waals surface area contributed by atoms with Gasteiger partial charge in [0.25, 0.3) is 5.88 Å². The molecule has 3 N–H and O–H groups in total. The number of carbonyl (C=O) groups is 2. The molecule has 0 amide bonds. The van der Waals surface area contributed by atoms with Crippen LogP contribution in [0.2, 0.25) is 0 Å². The van der Waals surface area contributed by atoms with E-state index in [0.29, 0.717) is 12.2 Å². The Hall–Kier alpha value is -3.17. The first kappa shape index (κ1) is 23.6. The standard InChI is InChI=1S/C26H30N2O7/c1-5-6-10-34-25-19-22(35-27-25)20(28(3)4)15-11-14-12(2)13-8-7-9-16(29)17(13)21(30)18(14)23(31)26(15,33)24(19)32/h7-9,12,14-15,20,29-30,33H,5-6,10-11H2,1-4H3/t12-,14+,15-,20-,26-/m0/s1. The molecule has 0 spiro atoms. The normalized spacial score (nSPS) is 29.5. The van der Waals surface area contributed by atoms with Gasteiger partial charge in [0, 0.05) is 11.5 Å². The third kappa shape index (κ3) is 3.11. The monoisotopic (exact) mass is 482 g/mol. The van der Waals surface area contributed by atoms with Crippen molar-refractivity contribution in [1.82, 2.24) is 10.1 Å². The Morgan fingerprint density at radius 2 is 1.94 bits per heavy atom. The minimum absolute atomic E-state index is 0.0236. The summed E-state index contributed by atoms with van der Waals surface area (Å²) in [6, 6.07) is 4.32. The first-order chi connectivity index (χ1) is 16.6. The summed E-state index contributed by atoms with van der Waals surface area (Å²) in [5.74, 6) is -3.51. The lowest BCUT2D eigenvalue weighted by atomic mass is 9.55. The molecule has 9 heteroatoms. The molecule has 0 radical (unpaired) electrons. The molecule has 0 aliphatic heterocycles. The molecule has 1 saturated carbocycles. The number of rotatable bonds is 5. The number of carbonyl (C=O) groups excluding carboxylic acids is 2. The summed E-state index contributed by atoms with van der Waals surface area (Å²) in [6.07, 6.45) is 1.86. The number of aromatic nitrogens is 1. The maximum atomic E-state index is 14.0. The number of aliphatic hydroxyl groups excluding tert-OH is 1. The minimum atomic E-state index is -2.43. The molecule has 3 aliphatic carbocycles. The molecule has 0 saturated heterocycles. The summed E-state index contributed by atoms with van der Waals surface area (Å²) in [7, 11) is 3.57. The van der Waals surface area contributed by atoms with Gasteiger partial charge in [0.15, 0.2) is 11.4 Å². The molecule has 1 heterocycles. The number of phenols is 1. The average Bonchev–Trinajstić information content (AvgIpc) is 3.22. The van der Waals surface area contributed by atoms with Crippen molar-refractivity contribution in [1.29, 1.82) is 0 Å². The Kier molecular flexibility index (Phi) is 5.52. The lowest BCUT2D eigenvalue weighted by Crippen LogP contribution is -2.63. The number of hydrogen-bond acceptors (Lipinski definition) is 9. The van der Waals surface area contributed by atoms with Crippen molar-refractivity contribution < 1.29 is 34.2 Å². The minimum Gasteiger partial charge on any atom is -0.507 e. The lowest BCUT2D eigenvalue weighted by molar-refractivity contribution is -0.143. The second-order valence-corrected chi connectivity index (χ2v) is 10.0. The van der Waals surface area contributed by atoms with Crippen molar-refractivity contribution in [2.75, 3.05) is 20.7 Å². The van der Waals surface area contributed by atoms with E-state index >= 15 is 0 Å². The molecule has 2 aromatic rings. The van der Waals surface area contributed by atoms with Crippen LogP contribution in [0.15, 0.2) is 28.3 Å². The summed E-state index contributed by atoms with van der Waals surface area (Å²) >= 11 is 0. The highest BCUT2D eigenvalue weighted by Gasteiger charge is 2.66. The highest BCUT2D eigenvalue weighted by atomic mass is 16.5. The highest BCUT2D eigenvalue weighted by molar-refractivity contribution is 6.26. The van der Waals surface area contributed by atoms with Gasteiger partial charge >= 0.3 is 0 Å². The maximum absolute atomic E-state index is 14.0. The van der Waals surface area contributed by atoms with E-state index in [9.17, 15) is 24.9 Å². The van der Waals surface area contributed by atoms with Crippen molar-refractivity contribution >= 4 is 17.3 Å². The molecule has 186 valence electrons. The van der Waals surface area contributed by atoms with Gasteiger partial charge in [-0.25, -0.2) is 0 Å². The van der Waals surface area contributed by atoms with Gasteiger partial charge in [-0.3, -0.25) is 14.5 Å². The molecule has 1 aromatic heterocycles. The van der Waals surface area contributed by atoms with Crippen molar-refractivity contribution in [3.63, 3.8) is 0 Å². The van der Waals surface area contributed by atoms with Crippen LogP contribution in [0.1, 0.15) is 72.3 Å². The van der Waals surface area contributed by atoms with E-state index < -0.39 is 35.0 Å². The number of nitrogens with zero attached hydrogens (tertiary/aromatic N) is 2. The first-order valence-electron chi connectivity index (χ1n) is 12.0. The molecule has 1 aromatic carbocycles. The third-order valence-electron chi connectivity index (χ3n) is 7.87. The smallest absolute Gasteiger partial charge is 0.265 e. The van der Waals surface area contributed by atoms with E-state index in [4.69, 9.17) is 9.26 Å². The van der Waals surface area contributed by atoms with Crippen LogP contribution in [-0.2, 0) is 4.79 Å². The number of ether oxygens (including phenoxy) is 1. The van der Waals surface area contributed by atoms with E-state index in [2.05, 4.69) is 5.16 Å². The zero-order chi connectivity index (χ0) is 25.2. The molecule has 0 unspecified atom stereocenters. The number of unbranched alkanes of at least 4 members (excludes halogenated alkanes) is 1. The fraction of sp³-hybridized carbons (Fsp3) is 0.500. The summed E-state index contributed by atoms with van der Waals surface area (Å²) in [5, 5.41) is 37.5. The number of aromatic hydroxyl groups is 1. The van der Waals surface area contributed by atoms with Gasteiger partial charge in [0.05, 0.1) is 18.2 Å². The van der Waals surface area contributed by atoms with Gasteiger partial charge in [-0.05, 0) is 55.6 Å². The molecule has 5 atom stereocenters. The Morgan fingerprint density at radius 3 is 2.63 bits per heavy atom. The number of ketones is 2. The van der Waals surface area contributed by atoms with E-state index in [1.807, 2.05) is 19.9 Å². The molecule has 9 nitrogen and oxygen atoms in total. The summed E-state index contributed by atoms with van der Waals surface area (Å²) in [6.45, 7) is 4.23. The molecule has 3 aliphatic rings. The number of hydrogen-bond donors (Lipinski definition) is 3. The summed E-state index contributed by atoms with van der Waals surface area (Å²) in [4.78, 5) is 29.6. The lowest BCUT2D eigenvalue weighted by Gasteiger charge is -2.50. The number of phenolic OH excluding ortho intramolecular Hbond substituents is 1. The van der Waals surface area contributed by atoms with Gasteiger partial charge in [-0.2, -0.15) is 0 Å². The van der Waals surface area contributed by atoms with Crippen LogP contribution in [0, 0.1) is 11.8 Å². The zero-order valence-corrected chi connectivity index (χ0v) is 20.2. The van der Waals surface area contributed by atoms with Gasteiger partial charge < -0.3 is 24.6 Å². The SMILES string of the molecule is CCCCOc1noc2c1C(=O)[C@@]1(O)C(=O)C3=C(O)c4c(O)cccc4[C@H](C)[C@H]3C[C@H]1[C@@H]2N(C)C. The Bertz CT molecular complexity index is 1250. The second kappa shape index (κ2) is 8.20. The molecule has 5 rings (SSSR count). The van der Waals surface area contributed by atoms with Crippen LogP contribution in [0.4, 0.5) is 0 Å². The van der Waals surface area contributed by atoms with Gasteiger partial charge in [0.1, 0.15) is 17.1 Å². The van der Waals surface area contributed by atoms with Crippen molar-refractivity contribution in [3.05, 3.63) is 46.2 Å². The number of aliphatic hydroxyl groups is 2. The third-order valence-corrected chi connectivity index (χ3v) is 7.87. The van der Waals surface area contributed by atoms with Gasteiger partial charge in [0.2, 0.25) is 11.6 Å². The fourth-order valence-corrected chi connectivity index (χ4v) is 6.09. The molecule has 1 fully saturated rings. The highest BCUT2D eigenvalue weighted by Crippen LogP contribution is 2.58. The Morgan fingerprint density at radius 1 is 1.20 bits per heavy atom. The van der Waals surface area contributed by atoms with Crippen LogP contribution in [0.25, 0.3) is 5.76 Å². The average molecular weight is 483 g/mol. The topological polar surface area (TPSA) is 133 Å².